The molecule has 0 fully saturated rings. The smallest absolute Gasteiger partial charge is 0.387 e. The molecule has 0 aliphatic carbocycles. The van der Waals surface area contributed by atoms with Gasteiger partial charge in [0.05, 0.1) is 0 Å². The number of rotatable bonds is 5. The van der Waals surface area contributed by atoms with E-state index in [4.69, 9.17) is 0 Å². The highest BCUT2D eigenvalue weighted by Gasteiger charge is 2.09. The van der Waals surface area contributed by atoms with Crippen molar-refractivity contribution in [2.75, 3.05) is 0 Å². The summed E-state index contributed by atoms with van der Waals surface area (Å²) in [6.45, 7) is -2.86. The molecule has 2 aromatic rings. The predicted octanol–water partition coefficient (Wildman–Crippen LogP) is 4.32. The fraction of sp³-hybridized carbons (Fsp3) is 0.133. The minimum atomic E-state index is -2.86. The Morgan fingerprint density at radius 2 is 1.65 bits per heavy atom. The van der Waals surface area contributed by atoms with E-state index < -0.39 is 6.61 Å². The van der Waals surface area contributed by atoms with Crippen molar-refractivity contribution in [1.82, 2.24) is 0 Å². The van der Waals surface area contributed by atoms with Crippen molar-refractivity contribution in [1.29, 1.82) is 0 Å². The van der Waals surface area contributed by atoms with Crippen molar-refractivity contribution in [2.24, 2.45) is 0 Å². The first-order chi connectivity index (χ1) is 9.54. The minimum Gasteiger partial charge on any atom is -0.435 e. The third-order valence-electron chi connectivity index (χ3n) is 2.68. The van der Waals surface area contributed by atoms with E-state index in [1.807, 2.05) is 24.3 Å². The van der Waals surface area contributed by atoms with Crippen molar-refractivity contribution >= 4 is 28.4 Å². The lowest BCUT2D eigenvalue weighted by molar-refractivity contribution is -0.0498. The van der Waals surface area contributed by atoms with E-state index >= 15 is 0 Å². The minimum absolute atomic E-state index is 0.0471. The van der Waals surface area contributed by atoms with E-state index in [1.54, 1.807) is 0 Å². The molecule has 2 aromatic carbocycles. The molecular weight excluding hydrogens is 377 g/mol. The average Bonchev–Trinajstić information content (AvgIpc) is 2.41. The van der Waals surface area contributed by atoms with Gasteiger partial charge in [-0.05, 0) is 64.6 Å². The van der Waals surface area contributed by atoms with Crippen LogP contribution in [0, 0.1) is 3.57 Å². The number of hydrogen-bond donors (Lipinski definition) is 0. The number of alkyl halides is 2. The number of ketones is 1. The molecule has 0 atom stereocenters. The van der Waals surface area contributed by atoms with Crippen molar-refractivity contribution in [2.45, 2.75) is 13.0 Å². The van der Waals surface area contributed by atoms with E-state index in [1.165, 1.54) is 24.3 Å². The van der Waals surface area contributed by atoms with Gasteiger partial charge in [0.1, 0.15) is 5.75 Å². The predicted molar refractivity (Wildman–Crippen MR) is 80.3 cm³/mol. The molecule has 20 heavy (non-hydrogen) atoms. The van der Waals surface area contributed by atoms with Crippen molar-refractivity contribution in [3.05, 3.63) is 63.2 Å². The Labute approximate surface area is 128 Å². The molecule has 0 aliphatic heterocycles. The van der Waals surface area contributed by atoms with Crippen LogP contribution in [0.1, 0.15) is 15.9 Å². The van der Waals surface area contributed by atoms with Gasteiger partial charge in [0.15, 0.2) is 5.78 Å². The summed E-state index contributed by atoms with van der Waals surface area (Å²) in [6, 6.07) is 13.4. The summed E-state index contributed by atoms with van der Waals surface area (Å²) in [5.41, 5.74) is 1.40. The van der Waals surface area contributed by atoms with Gasteiger partial charge in [-0.2, -0.15) is 8.78 Å². The lowest BCUT2D eigenvalue weighted by Crippen LogP contribution is -2.05. The van der Waals surface area contributed by atoms with Gasteiger partial charge in [0, 0.05) is 15.6 Å². The van der Waals surface area contributed by atoms with Gasteiger partial charge >= 0.3 is 6.61 Å². The van der Waals surface area contributed by atoms with Crippen LogP contribution in [0.25, 0.3) is 0 Å². The van der Waals surface area contributed by atoms with E-state index in [9.17, 15) is 13.6 Å². The van der Waals surface area contributed by atoms with Crippen molar-refractivity contribution < 1.29 is 18.3 Å². The molecule has 0 saturated carbocycles. The molecule has 0 heterocycles. The number of halogens is 3. The number of carbonyl (C=O) groups is 1. The highest BCUT2D eigenvalue weighted by atomic mass is 127. The molecule has 0 unspecified atom stereocenters. The second kappa shape index (κ2) is 6.78. The summed E-state index contributed by atoms with van der Waals surface area (Å²) in [5, 5.41) is 0. The van der Waals surface area contributed by atoms with Gasteiger partial charge in [-0.25, -0.2) is 0 Å². The molecule has 0 aliphatic rings. The molecule has 5 heteroatoms. The fourth-order valence-electron chi connectivity index (χ4n) is 1.71. The lowest BCUT2D eigenvalue weighted by Gasteiger charge is -2.05. The average molecular weight is 388 g/mol. The maximum Gasteiger partial charge on any atom is 0.387 e. The summed E-state index contributed by atoms with van der Waals surface area (Å²) >= 11 is 2.19. The van der Waals surface area contributed by atoms with Gasteiger partial charge in [0.2, 0.25) is 0 Å². The first kappa shape index (κ1) is 14.9. The van der Waals surface area contributed by atoms with Gasteiger partial charge in [0.25, 0.3) is 0 Å². The second-order valence-electron chi connectivity index (χ2n) is 4.13. The van der Waals surface area contributed by atoms with Crippen LogP contribution in [0.5, 0.6) is 5.75 Å². The van der Waals surface area contributed by atoms with Crippen LogP contribution in [0.3, 0.4) is 0 Å². The number of benzene rings is 2. The number of hydrogen-bond acceptors (Lipinski definition) is 2. The van der Waals surface area contributed by atoms with E-state index in [2.05, 4.69) is 27.3 Å². The second-order valence-corrected chi connectivity index (χ2v) is 5.37. The highest BCUT2D eigenvalue weighted by molar-refractivity contribution is 14.1. The van der Waals surface area contributed by atoms with Crippen LogP contribution in [0.15, 0.2) is 48.5 Å². The Balaban J connectivity index is 2.03. The maximum absolute atomic E-state index is 12.0. The van der Waals surface area contributed by atoms with Crippen molar-refractivity contribution in [3.63, 3.8) is 0 Å². The zero-order valence-electron chi connectivity index (χ0n) is 10.4. The van der Waals surface area contributed by atoms with E-state index in [0.717, 1.165) is 9.13 Å². The standard InChI is InChI=1S/C15H11F2IO2/c16-15(17)20-13-7-3-11(4-8-13)14(19)9-10-1-5-12(18)6-2-10/h1-8,15H,9H2. The number of carbonyl (C=O) groups excluding carboxylic acids is 1. The molecule has 104 valence electrons. The zero-order valence-corrected chi connectivity index (χ0v) is 12.5. The molecule has 2 rings (SSSR count). The number of ether oxygens (including phenoxy) is 1. The van der Waals surface area contributed by atoms with E-state index in [0.29, 0.717) is 5.56 Å². The van der Waals surface area contributed by atoms with Crippen LogP contribution < -0.4 is 4.74 Å². The van der Waals surface area contributed by atoms with Gasteiger partial charge in [-0.3, -0.25) is 4.79 Å². The summed E-state index contributed by atoms with van der Waals surface area (Å²) in [7, 11) is 0. The topological polar surface area (TPSA) is 26.3 Å². The SMILES string of the molecule is O=C(Cc1ccc(I)cc1)c1ccc(OC(F)F)cc1. The van der Waals surface area contributed by atoms with Crippen LogP contribution in [-0.2, 0) is 6.42 Å². The summed E-state index contributed by atoms with van der Waals surface area (Å²) < 4.78 is 29.4. The fourth-order valence-corrected chi connectivity index (χ4v) is 2.07. The normalized spacial score (nSPS) is 10.6. The Hall–Kier alpha value is -1.50. The molecule has 0 spiro atoms. The maximum atomic E-state index is 12.0. The molecule has 0 aromatic heterocycles. The quantitative estimate of drug-likeness (QED) is 0.564. The van der Waals surface area contributed by atoms with Gasteiger partial charge in [-0.15, -0.1) is 0 Å². The van der Waals surface area contributed by atoms with Crippen LogP contribution >= 0.6 is 22.6 Å². The Morgan fingerprint density at radius 1 is 1.05 bits per heavy atom. The monoisotopic (exact) mass is 388 g/mol. The zero-order chi connectivity index (χ0) is 14.5. The molecule has 0 N–H and O–H groups in total. The summed E-state index contributed by atoms with van der Waals surface area (Å²) in [6.07, 6.45) is 0.284. The Bertz CT molecular complexity index is 580. The summed E-state index contributed by atoms with van der Waals surface area (Å²) in [5.74, 6) is -0.0133. The first-order valence-electron chi connectivity index (χ1n) is 5.87. The largest absolute Gasteiger partial charge is 0.435 e. The molecule has 0 radical (unpaired) electrons. The number of Topliss-reactive ketones (excluding diaryl/α,β-unsaturated/α-hetero) is 1. The Morgan fingerprint density at radius 3 is 2.20 bits per heavy atom. The Kier molecular flexibility index (Phi) is 5.05. The first-order valence-corrected chi connectivity index (χ1v) is 6.95. The summed E-state index contributed by atoms with van der Waals surface area (Å²) in [4.78, 5) is 12.0. The molecule has 2 nitrogen and oxygen atoms in total. The third kappa shape index (κ3) is 4.26. The van der Waals surface area contributed by atoms with Crippen LogP contribution in [0.2, 0.25) is 0 Å². The molecule has 0 amide bonds. The molecular formula is C15H11F2IO2. The van der Waals surface area contributed by atoms with Crippen LogP contribution in [-0.4, -0.2) is 12.4 Å². The van der Waals surface area contributed by atoms with Gasteiger partial charge in [-0.1, -0.05) is 12.1 Å². The van der Waals surface area contributed by atoms with Crippen LogP contribution in [0.4, 0.5) is 8.78 Å². The lowest BCUT2D eigenvalue weighted by atomic mass is 10.0. The van der Waals surface area contributed by atoms with Crippen molar-refractivity contribution in [3.8, 4) is 5.75 Å². The molecule has 0 bridgehead atoms. The van der Waals surface area contributed by atoms with Gasteiger partial charge < -0.3 is 4.74 Å². The van der Waals surface area contributed by atoms with E-state index in [-0.39, 0.29) is 18.0 Å². The molecule has 0 saturated heterocycles. The highest BCUT2D eigenvalue weighted by Crippen LogP contribution is 2.16. The third-order valence-corrected chi connectivity index (χ3v) is 3.40.